The minimum atomic E-state index is -3.72. The van der Waals surface area contributed by atoms with Gasteiger partial charge in [0.15, 0.2) is 0 Å². The maximum absolute atomic E-state index is 12.8. The quantitative estimate of drug-likeness (QED) is 0.844. The highest BCUT2D eigenvalue weighted by Crippen LogP contribution is 2.39. The van der Waals surface area contributed by atoms with E-state index in [0.29, 0.717) is 13.0 Å². The number of rotatable bonds is 5. The summed E-state index contributed by atoms with van der Waals surface area (Å²) in [7, 11) is -0.904. The lowest BCUT2D eigenvalue weighted by Crippen LogP contribution is -2.40. The molecule has 1 aliphatic rings. The van der Waals surface area contributed by atoms with E-state index in [1.54, 1.807) is 5.38 Å². The normalized spacial score (nSPS) is 21.7. The van der Waals surface area contributed by atoms with Crippen molar-refractivity contribution in [3.63, 3.8) is 0 Å². The number of hydrogen-bond donors (Lipinski definition) is 1. The number of carboxylic acid groups (broad SMARTS) is 1. The number of hydrogen-bond acceptors (Lipinski definition) is 5. The van der Waals surface area contributed by atoms with Crippen molar-refractivity contribution >= 4 is 33.2 Å². The average Bonchev–Trinajstić information content (AvgIpc) is 3.14. The lowest BCUT2D eigenvalue weighted by atomic mass is 9.76. The Hall–Kier alpha value is -1.45. The van der Waals surface area contributed by atoms with Crippen molar-refractivity contribution in [2.75, 3.05) is 27.2 Å². The highest BCUT2D eigenvalue weighted by molar-refractivity contribution is 7.89. The van der Waals surface area contributed by atoms with Gasteiger partial charge in [0, 0.05) is 27.2 Å². The van der Waals surface area contributed by atoms with Crippen LogP contribution in [0.15, 0.2) is 16.3 Å². The van der Waals surface area contributed by atoms with Gasteiger partial charge in [-0.25, -0.2) is 12.7 Å². The molecule has 1 fully saturated rings. The topological polar surface area (TPSA) is 95.0 Å². The van der Waals surface area contributed by atoms with Crippen LogP contribution in [0.1, 0.15) is 29.9 Å². The van der Waals surface area contributed by atoms with Crippen molar-refractivity contribution in [2.24, 2.45) is 11.3 Å². The molecule has 0 bridgehead atoms. The summed E-state index contributed by atoms with van der Waals surface area (Å²) in [6, 6.07) is 1.41. The highest BCUT2D eigenvalue weighted by Gasteiger charge is 2.49. The van der Waals surface area contributed by atoms with Gasteiger partial charge >= 0.3 is 5.97 Å². The zero-order valence-corrected chi connectivity index (χ0v) is 15.8. The average molecular weight is 374 g/mol. The van der Waals surface area contributed by atoms with Gasteiger partial charge in [-0.15, -0.1) is 11.3 Å². The fourth-order valence-electron chi connectivity index (χ4n) is 2.90. The minimum Gasteiger partial charge on any atom is -0.481 e. The first-order valence-corrected chi connectivity index (χ1v) is 9.88. The smallest absolute Gasteiger partial charge is 0.311 e. The van der Waals surface area contributed by atoms with Crippen LogP contribution in [0, 0.1) is 11.3 Å². The Kier molecular flexibility index (Phi) is 5.08. The second-order valence-corrected chi connectivity index (χ2v) is 9.53. The SMILES string of the molecule is CC(C)C1(C(=O)O)CCN(C(=O)c2sccc2S(=O)(=O)N(C)C)C1. The van der Waals surface area contributed by atoms with Crippen molar-refractivity contribution in [1.82, 2.24) is 9.21 Å². The van der Waals surface area contributed by atoms with Crippen LogP contribution in [0.2, 0.25) is 0 Å². The highest BCUT2D eigenvalue weighted by atomic mass is 32.2. The first-order chi connectivity index (χ1) is 11.0. The molecule has 1 aliphatic heterocycles. The number of carbonyl (C=O) groups excluding carboxylic acids is 1. The molecule has 1 N–H and O–H groups in total. The van der Waals surface area contributed by atoms with Crippen molar-refractivity contribution in [3.8, 4) is 0 Å². The van der Waals surface area contributed by atoms with E-state index in [2.05, 4.69) is 0 Å². The lowest BCUT2D eigenvalue weighted by molar-refractivity contribution is -0.150. The summed E-state index contributed by atoms with van der Waals surface area (Å²) >= 11 is 1.06. The van der Waals surface area contributed by atoms with Gasteiger partial charge in [0.25, 0.3) is 5.91 Å². The molecule has 0 saturated carbocycles. The maximum atomic E-state index is 12.8. The van der Waals surface area contributed by atoms with Crippen LogP contribution >= 0.6 is 11.3 Å². The van der Waals surface area contributed by atoms with E-state index in [0.717, 1.165) is 15.6 Å². The molecule has 134 valence electrons. The molecule has 7 nitrogen and oxygen atoms in total. The Balaban J connectivity index is 2.33. The Morgan fingerprint density at radius 2 is 2.00 bits per heavy atom. The van der Waals surface area contributed by atoms with E-state index in [1.807, 2.05) is 13.8 Å². The molecule has 2 heterocycles. The van der Waals surface area contributed by atoms with Crippen molar-refractivity contribution in [2.45, 2.75) is 25.2 Å². The number of likely N-dealkylation sites (tertiary alicyclic amines) is 1. The molecule has 1 atom stereocenters. The number of sulfonamides is 1. The number of carbonyl (C=O) groups is 2. The Morgan fingerprint density at radius 3 is 2.46 bits per heavy atom. The van der Waals surface area contributed by atoms with Crippen LogP contribution in [0.3, 0.4) is 0 Å². The number of aliphatic carboxylic acids is 1. The lowest BCUT2D eigenvalue weighted by Gasteiger charge is -2.28. The third-order valence-electron chi connectivity index (χ3n) is 4.70. The number of thiophene rings is 1. The Labute approximate surface area is 145 Å². The second-order valence-electron chi connectivity index (χ2n) is 6.49. The van der Waals surface area contributed by atoms with Gasteiger partial charge in [-0.2, -0.15) is 0 Å². The van der Waals surface area contributed by atoms with Gasteiger partial charge in [-0.05, 0) is 23.8 Å². The largest absolute Gasteiger partial charge is 0.481 e. The first kappa shape index (κ1) is 18.9. The third kappa shape index (κ3) is 2.96. The van der Waals surface area contributed by atoms with E-state index in [-0.39, 0.29) is 22.2 Å². The number of nitrogens with zero attached hydrogens (tertiary/aromatic N) is 2. The summed E-state index contributed by atoms with van der Waals surface area (Å²) in [5, 5.41) is 11.1. The summed E-state index contributed by atoms with van der Waals surface area (Å²) in [6.45, 7) is 4.06. The molecule has 1 aromatic rings. The molecule has 1 amide bonds. The van der Waals surface area contributed by atoms with Crippen LogP contribution in [0.25, 0.3) is 0 Å². The predicted octanol–water partition coefficient (Wildman–Crippen LogP) is 1.57. The van der Waals surface area contributed by atoms with Gasteiger partial charge in [0.1, 0.15) is 9.77 Å². The zero-order chi connectivity index (χ0) is 18.3. The monoisotopic (exact) mass is 374 g/mol. The van der Waals surface area contributed by atoms with Crippen LogP contribution < -0.4 is 0 Å². The zero-order valence-electron chi connectivity index (χ0n) is 14.1. The van der Waals surface area contributed by atoms with Gasteiger partial charge < -0.3 is 10.0 Å². The maximum Gasteiger partial charge on any atom is 0.311 e. The summed E-state index contributed by atoms with van der Waals surface area (Å²) in [5.41, 5.74) is -0.979. The van der Waals surface area contributed by atoms with Crippen LogP contribution in [0.5, 0.6) is 0 Å². The van der Waals surface area contributed by atoms with E-state index < -0.39 is 27.3 Å². The van der Waals surface area contributed by atoms with E-state index >= 15 is 0 Å². The Morgan fingerprint density at radius 1 is 1.38 bits per heavy atom. The summed E-state index contributed by atoms with van der Waals surface area (Å²) in [5.74, 6) is -1.46. The summed E-state index contributed by atoms with van der Waals surface area (Å²) in [4.78, 5) is 26.0. The molecule has 0 spiro atoms. The molecular formula is C15H22N2O5S2. The van der Waals surface area contributed by atoms with Crippen molar-refractivity contribution < 1.29 is 23.1 Å². The Bertz CT molecular complexity index is 754. The third-order valence-corrected chi connectivity index (χ3v) is 7.59. The molecule has 9 heteroatoms. The van der Waals surface area contributed by atoms with Gasteiger partial charge in [-0.1, -0.05) is 13.8 Å². The molecule has 0 aromatic carbocycles. The second kappa shape index (κ2) is 6.45. The number of carboxylic acids is 1. The first-order valence-electron chi connectivity index (χ1n) is 7.56. The van der Waals surface area contributed by atoms with E-state index in [4.69, 9.17) is 0 Å². The van der Waals surface area contributed by atoms with Gasteiger partial charge in [0.2, 0.25) is 10.0 Å². The molecule has 1 aromatic heterocycles. The van der Waals surface area contributed by atoms with Gasteiger partial charge in [0.05, 0.1) is 5.41 Å². The summed E-state index contributed by atoms with van der Waals surface area (Å²) in [6.07, 6.45) is 0.368. The molecule has 24 heavy (non-hydrogen) atoms. The van der Waals surface area contributed by atoms with E-state index in [1.165, 1.54) is 25.1 Å². The molecule has 1 saturated heterocycles. The van der Waals surface area contributed by atoms with Crippen LogP contribution in [-0.2, 0) is 14.8 Å². The molecule has 0 aliphatic carbocycles. The molecule has 2 rings (SSSR count). The molecular weight excluding hydrogens is 352 g/mol. The fraction of sp³-hybridized carbons (Fsp3) is 0.600. The predicted molar refractivity (Wildman–Crippen MR) is 90.6 cm³/mol. The summed E-state index contributed by atoms with van der Waals surface area (Å²) < 4.78 is 25.8. The standard InChI is InChI=1S/C15H22N2O5S2/c1-10(2)15(14(19)20)6-7-17(9-15)13(18)12-11(5-8-23-12)24(21,22)16(3)4/h5,8,10H,6-7,9H2,1-4H3,(H,19,20). The molecule has 1 unspecified atom stereocenters. The van der Waals surface area contributed by atoms with Crippen molar-refractivity contribution in [3.05, 3.63) is 16.3 Å². The van der Waals surface area contributed by atoms with Crippen LogP contribution in [0.4, 0.5) is 0 Å². The van der Waals surface area contributed by atoms with Gasteiger partial charge in [-0.3, -0.25) is 9.59 Å². The fourth-order valence-corrected chi connectivity index (χ4v) is 5.15. The van der Waals surface area contributed by atoms with E-state index in [9.17, 15) is 23.1 Å². The van der Waals surface area contributed by atoms with Crippen molar-refractivity contribution in [1.29, 1.82) is 0 Å². The minimum absolute atomic E-state index is 0.0279. The van der Waals surface area contributed by atoms with Crippen LogP contribution in [-0.4, -0.2) is 61.8 Å². The molecule has 0 radical (unpaired) electrons. The number of amides is 1.